The number of hydrogen-bond acceptors (Lipinski definition) is 4. The first-order valence-electron chi connectivity index (χ1n) is 5.12. The summed E-state index contributed by atoms with van der Waals surface area (Å²) < 4.78 is 35.7. The minimum atomic E-state index is -4.29. The van der Waals surface area contributed by atoms with E-state index >= 15 is 0 Å². The second-order valence-corrected chi connectivity index (χ2v) is 3.65. The third-order valence-corrected chi connectivity index (χ3v) is 2.06. The van der Waals surface area contributed by atoms with Crippen LogP contribution in [0.1, 0.15) is 22.5 Å². The van der Waals surface area contributed by atoms with Gasteiger partial charge in [0, 0.05) is 17.8 Å². The monoisotopic (exact) mass is 262 g/mol. The van der Waals surface area contributed by atoms with E-state index in [1.165, 1.54) is 12.1 Å². The highest BCUT2D eigenvalue weighted by molar-refractivity contribution is 5.94. The Morgan fingerprint density at radius 1 is 1.44 bits per heavy atom. The fraction of sp³-hybridized carbons (Fsp3) is 0.400. The Morgan fingerprint density at radius 2 is 2.11 bits per heavy atom. The number of carbonyl (C=O) groups is 1. The summed E-state index contributed by atoms with van der Waals surface area (Å²) in [5.41, 5.74) is 3.01. The zero-order chi connectivity index (χ0) is 13.8. The van der Waals surface area contributed by atoms with Crippen LogP contribution < -0.4 is 16.6 Å². The average Bonchev–Trinajstić information content (AvgIpc) is 2.26. The van der Waals surface area contributed by atoms with E-state index in [1.54, 1.807) is 6.92 Å². The summed E-state index contributed by atoms with van der Waals surface area (Å²) in [6.07, 6.45) is -5.35. The third-order valence-electron chi connectivity index (χ3n) is 2.06. The first-order chi connectivity index (χ1) is 8.31. The van der Waals surface area contributed by atoms with Crippen LogP contribution in [-0.4, -0.2) is 23.6 Å². The zero-order valence-corrected chi connectivity index (χ0v) is 9.64. The number of carbonyl (C=O) groups excluding carboxylic acids is 1. The van der Waals surface area contributed by atoms with E-state index in [2.05, 4.69) is 15.7 Å². The fourth-order valence-electron chi connectivity index (χ4n) is 1.29. The van der Waals surface area contributed by atoms with Crippen molar-refractivity contribution in [2.75, 3.05) is 12.0 Å². The number of nitrogens with one attached hydrogen (secondary N) is 2. The molecule has 1 heterocycles. The molecule has 0 unspecified atom stereocenters. The molecule has 0 aliphatic rings. The number of alkyl halides is 3. The number of nitrogen functional groups attached to an aromatic ring is 1. The number of pyridine rings is 1. The molecule has 1 rings (SSSR count). The lowest BCUT2D eigenvalue weighted by Crippen LogP contribution is -2.28. The van der Waals surface area contributed by atoms with Gasteiger partial charge in [-0.25, -0.2) is 10.8 Å². The molecule has 0 bridgehead atoms. The molecule has 0 saturated carbocycles. The zero-order valence-electron chi connectivity index (χ0n) is 9.64. The first kappa shape index (κ1) is 14.2. The topological polar surface area (TPSA) is 80.0 Å². The SMILES string of the molecule is Cc1cc(C(=O)NCCC(F)(F)F)cc(NN)n1. The lowest BCUT2D eigenvalue weighted by Gasteiger charge is -2.09. The van der Waals surface area contributed by atoms with Gasteiger partial charge in [-0.1, -0.05) is 0 Å². The molecule has 8 heteroatoms. The Kier molecular flexibility index (Phi) is 4.49. The highest BCUT2D eigenvalue weighted by Crippen LogP contribution is 2.18. The number of nitrogens with two attached hydrogens (primary N) is 1. The van der Waals surface area contributed by atoms with Crippen LogP contribution in [0.5, 0.6) is 0 Å². The number of halogens is 3. The molecular weight excluding hydrogens is 249 g/mol. The summed E-state index contributed by atoms with van der Waals surface area (Å²) >= 11 is 0. The van der Waals surface area contributed by atoms with Gasteiger partial charge >= 0.3 is 6.18 Å². The van der Waals surface area contributed by atoms with E-state index < -0.39 is 25.0 Å². The molecule has 0 aliphatic carbocycles. The molecule has 0 saturated heterocycles. The average molecular weight is 262 g/mol. The van der Waals surface area contributed by atoms with Crippen LogP contribution in [-0.2, 0) is 0 Å². The Balaban J connectivity index is 2.64. The maximum Gasteiger partial charge on any atom is 0.390 e. The van der Waals surface area contributed by atoms with Crippen molar-refractivity contribution in [1.82, 2.24) is 10.3 Å². The lowest BCUT2D eigenvalue weighted by atomic mass is 10.2. The number of aryl methyl sites for hydroxylation is 1. The molecule has 0 radical (unpaired) electrons. The van der Waals surface area contributed by atoms with E-state index in [-0.39, 0.29) is 11.4 Å². The van der Waals surface area contributed by atoms with Gasteiger partial charge in [-0.15, -0.1) is 0 Å². The fourth-order valence-corrected chi connectivity index (χ4v) is 1.29. The molecule has 18 heavy (non-hydrogen) atoms. The summed E-state index contributed by atoms with van der Waals surface area (Å²) in [5.74, 6) is 4.83. The normalized spacial score (nSPS) is 11.2. The quantitative estimate of drug-likeness (QED) is 0.565. The van der Waals surface area contributed by atoms with Crippen molar-refractivity contribution in [2.24, 2.45) is 5.84 Å². The van der Waals surface area contributed by atoms with Gasteiger partial charge in [-0.2, -0.15) is 13.2 Å². The predicted octanol–water partition coefficient (Wildman–Crippen LogP) is 1.36. The van der Waals surface area contributed by atoms with Crippen molar-refractivity contribution >= 4 is 11.7 Å². The van der Waals surface area contributed by atoms with Crippen molar-refractivity contribution in [3.63, 3.8) is 0 Å². The highest BCUT2D eigenvalue weighted by Gasteiger charge is 2.26. The van der Waals surface area contributed by atoms with Gasteiger partial charge in [-0.05, 0) is 19.1 Å². The van der Waals surface area contributed by atoms with Crippen molar-refractivity contribution in [3.8, 4) is 0 Å². The number of amides is 1. The number of aromatic nitrogens is 1. The molecular formula is C10H13F3N4O. The number of hydrazine groups is 1. The Labute approximate surface area is 102 Å². The summed E-state index contributed by atoms with van der Waals surface area (Å²) in [4.78, 5) is 15.5. The largest absolute Gasteiger partial charge is 0.390 e. The molecule has 0 aliphatic heterocycles. The van der Waals surface area contributed by atoms with Gasteiger partial charge in [0.1, 0.15) is 5.82 Å². The van der Waals surface area contributed by atoms with Gasteiger partial charge in [0.25, 0.3) is 5.91 Å². The molecule has 0 aromatic carbocycles. The van der Waals surface area contributed by atoms with Crippen LogP contribution in [0.25, 0.3) is 0 Å². The molecule has 100 valence electrons. The van der Waals surface area contributed by atoms with Crippen molar-refractivity contribution in [2.45, 2.75) is 19.5 Å². The molecule has 1 amide bonds. The second kappa shape index (κ2) is 5.67. The minimum Gasteiger partial charge on any atom is -0.352 e. The molecule has 1 aromatic heterocycles. The van der Waals surface area contributed by atoms with Crippen LogP contribution in [0.15, 0.2) is 12.1 Å². The lowest BCUT2D eigenvalue weighted by molar-refractivity contribution is -0.132. The predicted molar refractivity (Wildman–Crippen MR) is 59.8 cm³/mol. The summed E-state index contributed by atoms with van der Waals surface area (Å²) in [6.45, 7) is 1.18. The number of hydrogen-bond donors (Lipinski definition) is 3. The summed E-state index contributed by atoms with van der Waals surface area (Å²) in [7, 11) is 0. The highest BCUT2D eigenvalue weighted by atomic mass is 19.4. The van der Waals surface area contributed by atoms with Crippen molar-refractivity contribution in [3.05, 3.63) is 23.4 Å². The van der Waals surface area contributed by atoms with E-state index in [9.17, 15) is 18.0 Å². The molecule has 0 atom stereocenters. The third kappa shape index (κ3) is 4.58. The minimum absolute atomic E-state index is 0.206. The van der Waals surface area contributed by atoms with Gasteiger partial charge in [0.05, 0.1) is 6.42 Å². The number of nitrogens with zero attached hydrogens (tertiary/aromatic N) is 1. The maximum atomic E-state index is 11.9. The Hall–Kier alpha value is -1.83. The first-order valence-corrected chi connectivity index (χ1v) is 5.12. The van der Waals surface area contributed by atoms with Crippen LogP contribution >= 0.6 is 0 Å². The van der Waals surface area contributed by atoms with E-state index in [0.29, 0.717) is 5.69 Å². The molecule has 5 nitrogen and oxygen atoms in total. The van der Waals surface area contributed by atoms with E-state index in [1.807, 2.05) is 0 Å². The van der Waals surface area contributed by atoms with Gasteiger partial charge in [-0.3, -0.25) is 4.79 Å². The van der Waals surface area contributed by atoms with Gasteiger partial charge < -0.3 is 10.7 Å². The van der Waals surface area contributed by atoms with E-state index in [4.69, 9.17) is 5.84 Å². The molecule has 0 fully saturated rings. The number of rotatable bonds is 4. The summed E-state index contributed by atoms with van der Waals surface area (Å²) in [5, 5.41) is 2.18. The van der Waals surface area contributed by atoms with E-state index in [0.717, 1.165) is 0 Å². The standard InChI is InChI=1S/C10H13F3N4O/c1-6-4-7(5-8(16-6)17-14)9(18)15-3-2-10(11,12)13/h4-5H,2-3,14H2,1H3,(H,15,18)(H,16,17). The van der Waals surface area contributed by atoms with Crippen LogP contribution in [0.2, 0.25) is 0 Å². The van der Waals surface area contributed by atoms with Crippen molar-refractivity contribution < 1.29 is 18.0 Å². The van der Waals surface area contributed by atoms with Crippen LogP contribution in [0.4, 0.5) is 19.0 Å². The number of anilines is 1. The van der Waals surface area contributed by atoms with Gasteiger partial charge in [0.2, 0.25) is 0 Å². The van der Waals surface area contributed by atoms with Crippen LogP contribution in [0, 0.1) is 6.92 Å². The Morgan fingerprint density at radius 3 is 2.67 bits per heavy atom. The molecule has 1 aromatic rings. The Bertz CT molecular complexity index is 434. The smallest absolute Gasteiger partial charge is 0.352 e. The second-order valence-electron chi connectivity index (χ2n) is 3.65. The van der Waals surface area contributed by atoms with Gasteiger partial charge in [0.15, 0.2) is 0 Å². The van der Waals surface area contributed by atoms with Crippen molar-refractivity contribution in [1.29, 1.82) is 0 Å². The summed E-state index contributed by atoms with van der Waals surface area (Å²) in [6, 6.07) is 2.82. The molecule has 0 spiro atoms. The van der Waals surface area contributed by atoms with Crippen LogP contribution in [0.3, 0.4) is 0 Å². The maximum absolute atomic E-state index is 11.9. The molecule has 4 N–H and O–H groups in total.